The van der Waals surface area contributed by atoms with Crippen LogP contribution in [0.15, 0.2) is 18.2 Å². The van der Waals surface area contributed by atoms with Gasteiger partial charge in [0.1, 0.15) is 5.75 Å². The molecule has 1 aromatic rings. The highest BCUT2D eigenvalue weighted by molar-refractivity contribution is 6.32. The van der Waals surface area contributed by atoms with Crippen molar-refractivity contribution in [2.75, 3.05) is 6.54 Å². The lowest BCUT2D eigenvalue weighted by Gasteiger charge is -2.15. The summed E-state index contributed by atoms with van der Waals surface area (Å²) in [6.07, 6.45) is -3.70. The second kappa shape index (κ2) is 5.55. The Labute approximate surface area is 100 Å². The van der Waals surface area contributed by atoms with Gasteiger partial charge in [-0.15, -0.1) is 0 Å². The van der Waals surface area contributed by atoms with Gasteiger partial charge >= 0.3 is 12.3 Å². The summed E-state index contributed by atoms with van der Waals surface area (Å²) in [6.45, 7) is -1.16. The molecule has 2 nitrogen and oxygen atoms in total. The number of hydrogen-bond donors (Lipinski definition) is 2. The number of rotatable bonds is 5. The highest BCUT2D eigenvalue weighted by Gasteiger charge is 2.39. The van der Waals surface area contributed by atoms with Crippen molar-refractivity contribution in [2.45, 2.75) is 18.9 Å². The van der Waals surface area contributed by atoms with Gasteiger partial charge in [-0.2, -0.15) is 8.78 Å². The van der Waals surface area contributed by atoms with Crippen LogP contribution in [0, 0.1) is 0 Å². The fraction of sp³-hybridized carbons (Fsp3) is 0.400. The summed E-state index contributed by atoms with van der Waals surface area (Å²) >= 11 is 5.59. The van der Waals surface area contributed by atoms with Gasteiger partial charge in [0.25, 0.3) is 0 Å². The molecule has 0 heterocycles. The highest BCUT2D eigenvalue weighted by Crippen LogP contribution is 2.24. The zero-order chi connectivity index (χ0) is 13.1. The number of alkyl halides is 4. The minimum Gasteiger partial charge on any atom is -0.506 e. The quantitative estimate of drug-likeness (QED) is 0.807. The first-order valence-corrected chi connectivity index (χ1v) is 5.05. The Kier molecular flexibility index (Phi) is 4.59. The number of phenols is 1. The Morgan fingerprint density at radius 3 is 2.53 bits per heavy atom. The zero-order valence-electron chi connectivity index (χ0n) is 8.56. The first-order chi connectivity index (χ1) is 7.83. The van der Waals surface area contributed by atoms with E-state index in [-0.39, 0.29) is 17.3 Å². The molecule has 1 rings (SSSR count). The van der Waals surface area contributed by atoms with Crippen LogP contribution in [0.3, 0.4) is 0 Å². The molecule has 2 N–H and O–H groups in total. The molecule has 0 bridgehead atoms. The van der Waals surface area contributed by atoms with E-state index in [1.807, 2.05) is 0 Å². The largest absolute Gasteiger partial charge is 0.506 e. The van der Waals surface area contributed by atoms with Crippen LogP contribution in [0.25, 0.3) is 0 Å². The van der Waals surface area contributed by atoms with Crippen molar-refractivity contribution >= 4 is 11.6 Å². The average Bonchev–Trinajstić information content (AvgIpc) is 2.23. The molecule has 0 amide bonds. The standard InChI is InChI=1S/C10H10ClF4NO/c11-7-3-6(1-2-8(7)17)4-16-5-10(14,15)9(12)13/h1-3,9,16-17H,4-5H2. The van der Waals surface area contributed by atoms with E-state index < -0.39 is 18.9 Å². The number of hydrogen-bond acceptors (Lipinski definition) is 2. The normalized spacial score (nSPS) is 12.1. The van der Waals surface area contributed by atoms with Gasteiger partial charge < -0.3 is 10.4 Å². The molecule has 0 aliphatic rings. The van der Waals surface area contributed by atoms with E-state index in [0.717, 1.165) is 0 Å². The number of phenolic OH excluding ortho intramolecular Hbond substituents is 1. The monoisotopic (exact) mass is 271 g/mol. The van der Waals surface area contributed by atoms with Crippen LogP contribution in [-0.4, -0.2) is 24.0 Å². The minimum atomic E-state index is -4.05. The summed E-state index contributed by atoms with van der Waals surface area (Å²) in [4.78, 5) is 0. The van der Waals surface area contributed by atoms with Crippen molar-refractivity contribution < 1.29 is 22.7 Å². The van der Waals surface area contributed by atoms with E-state index in [9.17, 15) is 17.6 Å². The van der Waals surface area contributed by atoms with E-state index in [1.54, 1.807) is 0 Å². The number of nitrogens with one attached hydrogen (secondary N) is 1. The van der Waals surface area contributed by atoms with Crippen LogP contribution in [0.2, 0.25) is 5.02 Å². The van der Waals surface area contributed by atoms with Crippen LogP contribution in [0.5, 0.6) is 5.75 Å². The molecule has 0 atom stereocenters. The summed E-state index contributed by atoms with van der Waals surface area (Å²) < 4.78 is 48.7. The maximum atomic E-state index is 12.5. The lowest BCUT2D eigenvalue weighted by molar-refractivity contribution is -0.125. The van der Waals surface area contributed by atoms with Crippen LogP contribution in [0.4, 0.5) is 17.6 Å². The third-order valence-electron chi connectivity index (χ3n) is 2.02. The van der Waals surface area contributed by atoms with Crippen LogP contribution in [0.1, 0.15) is 5.56 Å². The van der Waals surface area contributed by atoms with E-state index in [1.165, 1.54) is 18.2 Å². The third-order valence-corrected chi connectivity index (χ3v) is 2.32. The molecular formula is C10H10ClF4NO. The first kappa shape index (κ1) is 14.1. The molecular weight excluding hydrogens is 262 g/mol. The molecule has 0 fully saturated rings. The van der Waals surface area contributed by atoms with E-state index in [4.69, 9.17) is 16.7 Å². The Morgan fingerprint density at radius 2 is 2.00 bits per heavy atom. The SMILES string of the molecule is Oc1ccc(CNCC(F)(F)C(F)F)cc1Cl. The maximum Gasteiger partial charge on any atom is 0.319 e. The van der Waals surface area contributed by atoms with Gasteiger partial charge in [-0.3, -0.25) is 0 Å². The minimum absolute atomic E-state index is 0.0394. The van der Waals surface area contributed by atoms with Crippen molar-refractivity contribution in [3.63, 3.8) is 0 Å². The zero-order valence-corrected chi connectivity index (χ0v) is 9.32. The predicted octanol–water partition coefficient (Wildman–Crippen LogP) is 3.04. The molecule has 17 heavy (non-hydrogen) atoms. The van der Waals surface area contributed by atoms with E-state index in [0.29, 0.717) is 5.56 Å². The molecule has 0 saturated carbocycles. The van der Waals surface area contributed by atoms with Gasteiger partial charge in [-0.05, 0) is 17.7 Å². The fourth-order valence-corrected chi connectivity index (χ4v) is 1.31. The maximum absolute atomic E-state index is 12.5. The van der Waals surface area contributed by atoms with Crippen LogP contribution >= 0.6 is 11.6 Å². The van der Waals surface area contributed by atoms with Gasteiger partial charge in [-0.25, -0.2) is 8.78 Å². The van der Waals surface area contributed by atoms with Crippen LogP contribution < -0.4 is 5.32 Å². The molecule has 0 aliphatic heterocycles. The fourth-order valence-electron chi connectivity index (χ4n) is 1.11. The van der Waals surface area contributed by atoms with Gasteiger partial charge in [0.15, 0.2) is 0 Å². The topological polar surface area (TPSA) is 32.3 Å². The van der Waals surface area contributed by atoms with Crippen molar-refractivity contribution in [3.8, 4) is 5.75 Å². The second-order valence-corrected chi connectivity index (χ2v) is 3.86. The lowest BCUT2D eigenvalue weighted by Crippen LogP contribution is -2.38. The number of halogens is 5. The Bertz CT molecular complexity index is 387. The predicted molar refractivity (Wildman–Crippen MR) is 55.8 cm³/mol. The lowest BCUT2D eigenvalue weighted by atomic mass is 10.2. The van der Waals surface area contributed by atoms with E-state index >= 15 is 0 Å². The molecule has 0 unspecified atom stereocenters. The summed E-state index contributed by atoms with van der Waals surface area (Å²) in [5, 5.41) is 11.4. The molecule has 0 saturated heterocycles. The van der Waals surface area contributed by atoms with E-state index in [2.05, 4.69) is 5.32 Å². The van der Waals surface area contributed by atoms with Gasteiger partial charge in [0.2, 0.25) is 0 Å². The van der Waals surface area contributed by atoms with Gasteiger partial charge in [0.05, 0.1) is 11.6 Å². The number of aromatic hydroxyl groups is 1. The molecule has 0 spiro atoms. The molecule has 0 radical (unpaired) electrons. The van der Waals surface area contributed by atoms with Gasteiger partial charge in [0, 0.05) is 6.54 Å². The molecule has 1 aromatic carbocycles. The van der Waals surface area contributed by atoms with Crippen molar-refractivity contribution in [1.29, 1.82) is 0 Å². The summed E-state index contributed by atoms with van der Waals surface area (Å²) in [5.41, 5.74) is 0.512. The highest BCUT2D eigenvalue weighted by atomic mass is 35.5. The Hall–Kier alpha value is -1.01. The first-order valence-electron chi connectivity index (χ1n) is 4.67. The van der Waals surface area contributed by atoms with Crippen molar-refractivity contribution in [1.82, 2.24) is 5.32 Å². The van der Waals surface area contributed by atoms with Gasteiger partial charge in [-0.1, -0.05) is 17.7 Å². The number of benzene rings is 1. The van der Waals surface area contributed by atoms with Crippen molar-refractivity contribution in [3.05, 3.63) is 28.8 Å². The second-order valence-electron chi connectivity index (χ2n) is 3.45. The van der Waals surface area contributed by atoms with Crippen molar-refractivity contribution in [2.24, 2.45) is 0 Å². The average molecular weight is 272 g/mol. The molecule has 0 aliphatic carbocycles. The summed E-state index contributed by atoms with van der Waals surface area (Å²) in [6, 6.07) is 4.11. The molecule has 0 aromatic heterocycles. The Morgan fingerprint density at radius 1 is 1.35 bits per heavy atom. The van der Waals surface area contributed by atoms with Crippen LogP contribution in [-0.2, 0) is 6.54 Å². The summed E-state index contributed by atoms with van der Waals surface area (Å²) in [7, 11) is 0. The molecule has 96 valence electrons. The summed E-state index contributed by atoms with van der Waals surface area (Å²) in [5.74, 6) is -4.19. The Balaban J connectivity index is 2.49. The molecule has 7 heteroatoms. The smallest absolute Gasteiger partial charge is 0.319 e. The third kappa shape index (κ3) is 4.05.